The van der Waals surface area contributed by atoms with Crippen molar-refractivity contribution in [3.63, 3.8) is 0 Å². The molecule has 1 fully saturated rings. The minimum atomic E-state index is -3.67. The van der Waals surface area contributed by atoms with Crippen LogP contribution in [0.2, 0.25) is 0 Å². The van der Waals surface area contributed by atoms with Gasteiger partial charge in [0, 0.05) is 25.7 Å². The number of anilines is 1. The van der Waals surface area contributed by atoms with Crippen LogP contribution in [0.3, 0.4) is 0 Å². The lowest BCUT2D eigenvalue weighted by atomic mass is 9.89. The van der Waals surface area contributed by atoms with E-state index in [1.165, 1.54) is 54.2 Å². The van der Waals surface area contributed by atoms with Crippen LogP contribution >= 0.6 is 0 Å². The highest BCUT2D eigenvalue weighted by atomic mass is 32.2. The van der Waals surface area contributed by atoms with Crippen LogP contribution in [0.4, 0.5) is 23.4 Å². The van der Waals surface area contributed by atoms with Crippen LogP contribution in [0.5, 0.6) is 0 Å². The summed E-state index contributed by atoms with van der Waals surface area (Å²) in [5.74, 6) is -4.19. The zero-order valence-electron chi connectivity index (χ0n) is 19.1. The first-order valence-corrected chi connectivity index (χ1v) is 12.4. The van der Waals surface area contributed by atoms with Crippen molar-refractivity contribution in [2.75, 3.05) is 44.9 Å². The Labute approximate surface area is 199 Å². The van der Waals surface area contributed by atoms with Gasteiger partial charge in [0.25, 0.3) is 12.3 Å². The lowest BCUT2D eigenvalue weighted by molar-refractivity contribution is -0.121. The maximum Gasteiger partial charge on any atom is 0.282 e. The number of nitrogens with one attached hydrogen (secondary N) is 1. The van der Waals surface area contributed by atoms with Crippen LogP contribution in [0.25, 0.3) is 17.0 Å². The average molecular weight is 517 g/mol. The smallest absolute Gasteiger partial charge is 0.282 e. The second-order valence-corrected chi connectivity index (χ2v) is 10.4. The van der Waals surface area contributed by atoms with Gasteiger partial charge in [0.2, 0.25) is 10.0 Å². The van der Waals surface area contributed by atoms with Crippen molar-refractivity contribution in [3.8, 4) is 11.4 Å². The van der Waals surface area contributed by atoms with Gasteiger partial charge in [-0.2, -0.15) is 5.10 Å². The van der Waals surface area contributed by atoms with Crippen LogP contribution < -0.4 is 9.62 Å². The molecule has 35 heavy (non-hydrogen) atoms. The minimum Gasteiger partial charge on any atom is -0.354 e. The number of piperidine rings is 1. The van der Waals surface area contributed by atoms with E-state index in [-0.39, 0.29) is 13.1 Å². The highest BCUT2D eigenvalue weighted by Gasteiger charge is 2.52. The number of sulfonamides is 1. The summed E-state index contributed by atoms with van der Waals surface area (Å²) in [7, 11) is -0.618. The molecule has 3 aromatic heterocycles. The zero-order valence-corrected chi connectivity index (χ0v) is 19.9. The molecule has 1 saturated heterocycles. The number of imidazole rings is 1. The minimum absolute atomic E-state index is 0.0766. The predicted molar refractivity (Wildman–Crippen MR) is 120 cm³/mol. The molecule has 3 aromatic rings. The standard InChI is InChI=1S/C20H24F4N8O2S/c1-30(2)16-10-31(9-12(20(16,23)24)7-28-35(3,33)34)18-6-14(26-11-27-18)15-8-25-17-5-4-13(19(21)22)29-32(15)17/h4-6,8,11-12,16,19,28H,7,9-10H2,1-3H3. The molecule has 0 radical (unpaired) electrons. The topological polar surface area (TPSA) is 109 Å². The van der Waals surface area contributed by atoms with Crippen molar-refractivity contribution in [2.45, 2.75) is 18.4 Å². The molecular weight excluding hydrogens is 492 g/mol. The van der Waals surface area contributed by atoms with Crippen molar-refractivity contribution in [3.05, 3.63) is 36.4 Å². The Balaban J connectivity index is 1.69. The van der Waals surface area contributed by atoms with E-state index in [0.717, 1.165) is 6.26 Å². The molecule has 2 unspecified atom stereocenters. The first-order valence-electron chi connectivity index (χ1n) is 10.6. The molecule has 2 atom stereocenters. The van der Waals surface area contributed by atoms with Crippen LogP contribution in [-0.4, -0.2) is 89.8 Å². The fraction of sp³-hybridized carbons (Fsp3) is 0.500. The number of aromatic nitrogens is 5. The summed E-state index contributed by atoms with van der Waals surface area (Å²) in [4.78, 5) is 15.6. The van der Waals surface area contributed by atoms with E-state index < -0.39 is 46.6 Å². The lowest BCUT2D eigenvalue weighted by Crippen LogP contribution is -2.63. The third-order valence-electron chi connectivity index (χ3n) is 5.88. The largest absolute Gasteiger partial charge is 0.354 e. The molecule has 15 heteroatoms. The summed E-state index contributed by atoms with van der Waals surface area (Å²) in [5, 5.41) is 3.93. The number of alkyl halides is 4. The summed E-state index contributed by atoms with van der Waals surface area (Å²) in [6, 6.07) is 2.92. The van der Waals surface area contributed by atoms with Crippen molar-refractivity contribution in [2.24, 2.45) is 5.92 Å². The Hall–Kier alpha value is -2.91. The van der Waals surface area contributed by atoms with Gasteiger partial charge in [-0.1, -0.05) is 0 Å². The number of halogens is 4. The normalized spacial score (nSPS) is 20.8. The highest BCUT2D eigenvalue weighted by Crippen LogP contribution is 2.37. The molecule has 190 valence electrons. The molecule has 10 nitrogen and oxygen atoms in total. The summed E-state index contributed by atoms with van der Waals surface area (Å²) >= 11 is 0. The summed E-state index contributed by atoms with van der Waals surface area (Å²) in [6.07, 6.45) is 0.804. The Kier molecular flexibility index (Phi) is 6.68. The second-order valence-electron chi connectivity index (χ2n) is 8.61. The van der Waals surface area contributed by atoms with Crippen molar-refractivity contribution >= 4 is 21.5 Å². The summed E-state index contributed by atoms with van der Waals surface area (Å²) in [6.45, 7) is -0.692. The number of likely N-dealkylation sites (N-methyl/N-ethyl adjacent to an activating group) is 1. The van der Waals surface area contributed by atoms with Crippen LogP contribution in [-0.2, 0) is 10.0 Å². The molecule has 0 amide bonds. The fourth-order valence-corrected chi connectivity index (χ4v) is 4.55. The van der Waals surface area contributed by atoms with E-state index in [0.29, 0.717) is 22.9 Å². The molecule has 4 heterocycles. The second kappa shape index (κ2) is 9.28. The number of fused-ring (bicyclic) bond motifs is 1. The Morgan fingerprint density at radius 2 is 1.94 bits per heavy atom. The Morgan fingerprint density at radius 1 is 1.20 bits per heavy atom. The molecule has 1 aliphatic rings. The molecule has 1 N–H and O–H groups in total. The average Bonchev–Trinajstić information content (AvgIpc) is 3.20. The van der Waals surface area contributed by atoms with Gasteiger partial charge >= 0.3 is 0 Å². The summed E-state index contributed by atoms with van der Waals surface area (Å²) in [5.41, 5.74) is 0.542. The SMILES string of the molecule is CN(C)C1CN(c2cc(-c3cnc4ccc(C(F)F)nn34)ncn2)CC(CNS(C)(=O)=O)C1(F)F. The first kappa shape index (κ1) is 25.2. The van der Waals surface area contributed by atoms with E-state index in [2.05, 4.69) is 24.8 Å². The van der Waals surface area contributed by atoms with Gasteiger partial charge in [-0.25, -0.2) is 50.2 Å². The summed E-state index contributed by atoms with van der Waals surface area (Å²) < 4.78 is 83.2. The Bertz CT molecular complexity index is 1320. The van der Waals surface area contributed by atoms with Crippen molar-refractivity contribution in [1.29, 1.82) is 0 Å². The van der Waals surface area contributed by atoms with Gasteiger partial charge in [0.15, 0.2) is 5.65 Å². The number of hydrogen-bond acceptors (Lipinski definition) is 8. The molecule has 1 aliphatic heterocycles. The van der Waals surface area contributed by atoms with Crippen LogP contribution in [0, 0.1) is 5.92 Å². The number of rotatable bonds is 7. The van der Waals surface area contributed by atoms with Crippen LogP contribution in [0.15, 0.2) is 30.7 Å². The van der Waals surface area contributed by atoms with Crippen molar-refractivity contribution < 1.29 is 26.0 Å². The van der Waals surface area contributed by atoms with E-state index in [1.54, 1.807) is 4.90 Å². The Morgan fingerprint density at radius 3 is 2.60 bits per heavy atom. The quantitative estimate of drug-likeness (QED) is 0.473. The van der Waals surface area contributed by atoms with Gasteiger partial charge in [-0.15, -0.1) is 0 Å². The van der Waals surface area contributed by atoms with E-state index in [1.807, 2.05) is 0 Å². The zero-order chi connectivity index (χ0) is 25.5. The molecule has 4 rings (SSSR count). The van der Waals surface area contributed by atoms with E-state index in [9.17, 15) is 17.2 Å². The molecule has 0 aliphatic carbocycles. The monoisotopic (exact) mass is 516 g/mol. The van der Waals surface area contributed by atoms with Crippen LogP contribution in [0.1, 0.15) is 12.1 Å². The predicted octanol–water partition coefficient (Wildman–Crippen LogP) is 1.67. The molecular formula is C20H24F4N8O2S. The van der Waals surface area contributed by atoms with E-state index in [4.69, 9.17) is 0 Å². The van der Waals surface area contributed by atoms with Gasteiger partial charge in [0.05, 0.1) is 30.1 Å². The van der Waals surface area contributed by atoms with Gasteiger partial charge in [-0.3, -0.25) is 4.90 Å². The molecule has 0 aromatic carbocycles. The van der Waals surface area contributed by atoms with Gasteiger partial charge < -0.3 is 4.90 Å². The van der Waals surface area contributed by atoms with Crippen molar-refractivity contribution in [1.82, 2.24) is 34.2 Å². The maximum absolute atomic E-state index is 15.2. The van der Waals surface area contributed by atoms with Gasteiger partial charge in [0.1, 0.15) is 23.5 Å². The molecule has 0 bridgehead atoms. The third kappa shape index (κ3) is 5.21. The maximum atomic E-state index is 15.2. The molecule has 0 spiro atoms. The fourth-order valence-electron chi connectivity index (χ4n) is 4.05. The molecule has 0 saturated carbocycles. The first-order chi connectivity index (χ1) is 16.4. The number of hydrogen-bond donors (Lipinski definition) is 1. The van der Waals surface area contributed by atoms with Gasteiger partial charge in [-0.05, 0) is 26.2 Å². The van der Waals surface area contributed by atoms with E-state index >= 15 is 8.78 Å². The third-order valence-corrected chi connectivity index (χ3v) is 6.57. The highest BCUT2D eigenvalue weighted by molar-refractivity contribution is 7.88. The lowest BCUT2D eigenvalue weighted by Gasteiger charge is -2.46. The number of nitrogens with zero attached hydrogens (tertiary/aromatic N) is 7.